The Morgan fingerprint density at radius 1 is 1.07 bits per heavy atom. The van der Waals surface area contributed by atoms with E-state index >= 15 is 0 Å². The Labute approximate surface area is 167 Å². The van der Waals surface area contributed by atoms with Crippen molar-refractivity contribution in [2.45, 2.75) is 30.7 Å². The van der Waals surface area contributed by atoms with Crippen LogP contribution in [0, 0.1) is 16.5 Å². The zero-order chi connectivity index (χ0) is 21.0. The van der Waals surface area contributed by atoms with Gasteiger partial charge in [-0.25, -0.2) is 27.1 Å². The summed E-state index contributed by atoms with van der Waals surface area (Å²) in [5.74, 6) is -2.30. The van der Waals surface area contributed by atoms with Crippen LogP contribution in [0.15, 0.2) is 41.3 Å². The summed E-state index contributed by atoms with van der Waals surface area (Å²) in [6.07, 6.45) is 2.16. The number of nitrogens with one attached hydrogen (secondary N) is 1. The molecule has 29 heavy (non-hydrogen) atoms. The molecule has 2 N–H and O–H groups in total. The van der Waals surface area contributed by atoms with E-state index in [0.717, 1.165) is 49.2 Å². The maximum Gasteiger partial charge on any atom is 0.316 e. The van der Waals surface area contributed by atoms with Gasteiger partial charge < -0.3 is 0 Å². The largest absolute Gasteiger partial charge is 0.316 e. The number of sulfonamides is 1. The number of hydrogen-bond acceptors (Lipinski definition) is 4. The zero-order valence-corrected chi connectivity index (χ0v) is 16.5. The van der Waals surface area contributed by atoms with Crippen LogP contribution in [0.25, 0.3) is 0 Å². The molecular weight excluding hydrogens is 404 g/mol. The van der Waals surface area contributed by atoms with Crippen molar-refractivity contribution in [3.63, 3.8) is 0 Å². The van der Waals surface area contributed by atoms with Crippen molar-refractivity contribution < 1.29 is 27.3 Å². The Morgan fingerprint density at radius 3 is 2.59 bits per heavy atom. The van der Waals surface area contributed by atoms with Crippen LogP contribution in [-0.2, 0) is 23.0 Å². The van der Waals surface area contributed by atoms with E-state index in [1.165, 1.54) is 0 Å². The van der Waals surface area contributed by atoms with Crippen LogP contribution in [0.3, 0.4) is 0 Å². The summed E-state index contributed by atoms with van der Waals surface area (Å²) in [4.78, 5) is 12.8. The number of nitrogens with zero attached hydrogens (tertiary/aromatic N) is 2. The van der Waals surface area contributed by atoms with Crippen LogP contribution in [0.2, 0.25) is 0 Å². The van der Waals surface area contributed by atoms with Gasteiger partial charge in [0.05, 0.1) is 9.80 Å². The lowest BCUT2D eigenvalue weighted by Crippen LogP contribution is -2.32. The minimum atomic E-state index is -3.89. The molecule has 7 nitrogen and oxygen atoms in total. The van der Waals surface area contributed by atoms with Gasteiger partial charge >= 0.3 is 5.69 Å². The number of hydrogen-bond donors (Lipinski definition) is 2. The summed E-state index contributed by atoms with van der Waals surface area (Å²) in [7, 11) is -3.89. The highest BCUT2D eigenvalue weighted by Crippen LogP contribution is 2.23. The fourth-order valence-electron chi connectivity index (χ4n) is 3.31. The van der Waals surface area contributed by atoms with E-state index < -0.39 is 21.7 Å². The molecule has 0 saturated carbocycles. The standard InChI is InChI=1S/C19H22F2N3O4S/c20-18-6-5-17(12-19(18)21)29(27,28)22-8-1-2-9-23-10-7-14-3-4-16(24(25)26)11-15(14)13-23/h3-6,11-12,22H,1-2,7-10,13H2,(H,25,26)/q+1. The molecule has 0 radical (unpaired) electrons. The van der Waals surface area contributed by atoms with Crippen molar-refractivity contribution in [2.75, 3.05) is 19.6 Å². The highest BCUT2D eigenvalue weighted by Gasteiger charge is 2.21. The second kappa shape index (κ2) is 8.93. The Kier molecular flexibility index (Phi) is 6.56. The van der Waals surface area contributed by atoms with E-state index in [-0.39, 0.29) is 22.1 Å². The zero-order valence-electron chi connectivity index (χ0n) is 15.6. The quantitative estimate of drug-likeness (QED) is 0.501. The van der Waals surface area contributed by atoms with Crippen LogP contribution in [0.4, 0.5) is 14.5 Å². The molecule has 156 valence electrons. The van der Waals surface area contributed by atoms with Crippen LogP contribution in [0.1, 0.15) is 24.0 Å². The monoisotopic (exact) mass is 426 g/mol. The van der Waals surface area contributed by atoms with E-state index in [2.05, 4.69) is 9.62 Å². The molecule has 0 saturated heterocycles. The normalized spacial score (nSPS) is 14.6. The second-order valence-electron chi connectivity index (χ2n) is 6.93. The Hall–Kier alpha value is -2.43. The lowest BCUT2D eigenvalue weighted by molar-refractivity contribution is -0.729. The van der Waals surface area contributed by atoms with E-state index in [0.29, 0.717) is 19.0 Å². The molecule has 0 bridgehead atoms. The smallest absolute Gasteiger partial charge is 0.299 e. The third-order valence-corrected chi connectivity index (χ3v) is 6.36. The molecule has 3 rings (SSSR count). The molecule has 0 aliphatic carbocycles. The van der Waals surface area contributed by atoms with Gasteiger partial charge in [-0.2, -0.15) is 0 Å². The summed E-state index contributed by atoms with van der Waals surface area (Å²) in [5, 5.41) is 9.04. The van der Waals surface area contributed by atoms with Crippen molar-refractivity contribution in [1.29, 1.82) is 0 Å². The molecule has 0 unspecified atom stereocenters. The first-order valence-corrected chi connectivity index (χ1v) is 10.7. The molecule has 0 amide bonds. The maximum absolute atomic E-state index is 13.2. The molecule has 1 heterocycles. The summed E-state index contributed by atoms with van der Waals surface area (Å²) >= 11 is 0. The average molecular weight is 426 g/mol. The first kappa shape index (κ1) is 21.3. The van der Waals surface area contributed by atoms with Crippen molar-refractivity contribution in [1.82, 2.24) is 9.62 Å². The Bertz CT molecular complexity index is 1010. The number of unbranched alkanes of at least 4 members (excludes halogenated alkanes) is 1. The maximum atomic E-state index is 13.2. The molecule has 2 aromatic rings. The van der Waals surface area contributed by atoms with Gasteiger partial charge in [0.25, 0.3) is 4.92 Å². The summed E-state index contributed by atoms with van der Waals surface area (Å²) in [6, 6.07) is 7.57. The summed E-state index contributed by atoms with van der Waals surface area (Å²) < 4.78 is 52.8. The van der Waals surface area contributed by atoms with E-state index in [9.17, 15) is 22.1 Å². The van der Waals surface area contributed by atoms with Crippen LogP contribution >= 0.6 is 0 Å². The number of halogens is 2. The lowest BCUT2D eigenvalue weighted by atomic mass is 9.99. The van der Waals surface area contributed by atoms with Crippen LogP contribution < -0.4 is 4.72 Å². The SMILES string of the molecule is O=[N+](O)c1ccc2c(c1)CN(CCCCNS(=O)(=O)c1ccc(F)c(F)c1)CC2. The average Bonchev–Trinajstić information content (AvgIpc) is 2.69. The fraction of sp³-hybridized carbons (Fsp3) is 0.368. The summed E-state index contributed by atoms with van der Waals surface area (Å²) in [6.45, 7) is 2.44. The minimum absolute atomic E-state index is 0.154. The molecule has 0 atom stereocenters. The number of rotatable bonds is 8. The number of fused-ring (bicyclic) bond motifs is 1. The van der Waals surface area contributed by atoms with Gasteiger partial charge in [-0.15, -0.1) is 0 Å². The predicted octanol–water partition coefficient (Wildman–Crippen LogP) is 2.88. The minimum Gasteiger partial charge on any atom is -0.299 e. The molecule has 2 aromatic carbocycles. The van der Waals surface area contributed by atoms with Gasteiger partial charge in [0.2, 0.25) is 10.0 Å². The first-order valence-electron chi connectivity index (χ1n) is 9.21. The summed E-state index contributed by atoms with van der Waals surface area (Å²) in [5.41, 5.74) is 2.33. The predicted molar refractivity (Wildman–Crippen MR) is 101 cm³/mol. The third-order valence-electron chi connectivity index (χ3n) is 4.90. The van der Waals surface area contributed by atoms with Crippen molar-refractivity contribution >= 4 is 15.7 Å². The van der Waals surface area contributed by atoms with E-state index in [1.54, 1.807) is 12.1 Å². The second-order valence-corrected chi connectivity index (χ2v) is 8.70. The van der Waals surface area contributed by atoms with E-state index in [4.69, 9.17) is 5.21 Å². The molecule has 0 aromatic heterocycles. The van der Waals surface area contributed by atoms with Crippen molar-refractivity contribution in [2.24, 2.45) is 0 Å². The topological polar surface area (TPSA) is 89.7 Å². The van der Waals surface area contributed by atoms with Gasteiger partial charge in [0.1, 0.15) is 0 Å². The molecule has 1 aliphatic rings. The van der Waals surface area contributed by atoms with Gasteiger partial charge in [0.15, 0.2) is 11.6 Å². The first-order chi connectivity index (χ1) is 13.8. The lowest BCUT2D eigenvalue weighted by Gasteiger charge is -2.28. The molecule has 0 fully saturated rings. The third kappa shape index (κ3) is 5.34. The molecular formula is C19H22F2N3O4S+. The van der Waals surface area contributed by atoms with Gasteiger partial charge in [-0.1, -0.05) is 6.07 Å². The molecule has 1 aliphatic heterocycles. The van der Waals surface area contributed by atoms with Crippen molar-refractivity contribution in [3.05, 3.63) is 64.1 Å². The Morgan fingerprint density at radius 2 is 1.86 bits per heavy atom. The fourth-order valence-corrected chi connectivity index (χ4v) is 4.39. The van der Waals surface area contributed by atoms with Crippen LogP contribution in [0.5, 0.6) is 0 Å². The van der Waals surface area contributed by atoms with Gasteiger partial charge in [-0.05, 0) is 55.1 Å². The van der Waals surface area contributed by atoms with Gasteiger partial charge in [-0.3, -0.25) is 4.90 Å². The van der Waals surface area contributed by atoms with Crippen LogP contribution in [-0.4, -0.2) is 43.1 Å². The van der Waals surface area contributed by atoms with Gasteiger partial charge in [0, 0.05) is 31.8 Å². The van der Waals surface area contributed by atoms with Crippen molar-refractivity contribution in [3.8, 4) is 0 Å². The molecule has 10 heteroatoms. The Balaban J connectivity index is 1.45. The molecule has 0 spiro atoms. The highest BCUT2D eigenvalue weighted by molar-refractivity contribution is 7.89. The van der Waals surface area contributed by atoms with E-state index in [1.807, 2.05) is 6.07 Å². The number of benzene rings is 2. The highest BCUT2D eigenvalue weighted by atomic mass is 32.2.